The third-order valence-corrected chi connectivity index (χ3v) is 10.3. The average Bonchev–Trinajstić information content (AvgIpc) is 3.13. The maximum Gasteiger partial charge on any atom is 0.264 e. The molecule has 50 heavy (non-hydrogen) atoms. The first-order valence-electron chi connectivity index (χ1n) is 16.4. The Kier molecular flexibility index (Phi) is 12.3. The molecule has 0 aromatic heterocycles. The van der Waals surface area contributed by atoms with Gasteiger partial charge >= 0.3 is 0 Å². The SMILES string of the molecule is CC[C@@H](C)NC(=O)[C@H](Cc1ccccc1)N(Cc1cccc(Cl)c1)C(=O)CN(c1ccc(Oc2ccccc2)cc1)S(=O)(=O)c1ccccc1. The number of hydrogen-bond donors (Lipinski definition) is 1. The number of carbonyl (C=O) groups is 2. The summed E-state index contributed by atoms with van der Waals surface area (Å²) >= 11 is 6.34. The molecule has 0 aliphatic carbocycles. The van der Waals surface area contributed by atoms with Crippen molar-refractivity contribution in [2.75, 3.05) is 10.8 Å². The Bertz CT molecular complexity index is 1960. The second kappa shape index (κ2) is 17.0. The fraction of sp³-hybridized carbons (Fsp3) is 0.200. The number of anilines is 1. The standard InChI is InChI=1S/C40H40ClN3O5S/c1-3-30(2)42-40(46)38(27-31-14-7-4-8-15-31)43(28-32-16-13-17-33(41)26-32)39(45)29-44(50(47,48)37-20-11-6-12-21-37)34-22-24-36(25-23-34)49-35-18-9-5-10-19-35/h4-26,30,38H,3,27-29H2,1-2H3,(H,42,46)/t30-,38+/m1/s1. The number of para-hydroxylation sites is 1. The van der Waals surface area contributed by atoms with E-state index in [0.717, 1.165) is 9.87 Å². The Balaban J connectivity index is 1.55. The van der Waals surface area contributed by atoms with Crippen LogP contribution in [0, 0.1) is 0 Å². The van der Waals surface area contributed by atoms with Crippen LogP contribution in [0.15, 0.2) is 144 Å². The summed E-state index contributed by atoms with van der Waals surface area (Å²) in [7, 11) is -4.24. The molecule has 0 aliphatic rings. The van der Waals surface area contributed by atoms with E-state index in [1.807, 2.05) is 80.6 Å². The van der Waals surface area contributed by atoms with E-state index >= 15 is 0 Å². The van der Waals surface area contributed by atoms with Gasteiger partial charge in [0, 0.05) is 24.0 Å². The number of nitrogens with one attached hydrogen (secondary N) is 1. The van der Waals surface area contributed by atoms with Crippen molar-refractivity contribution in [3.05, 3.63) is 156 Å². The lowest BCUT2D eigenvalue weighted by Gasteiger charge is -2.34. The lowest BCUT2D eigenvalue weighted by atomic mass is 10.0. The van der Waals surface area contributed by atoms with Gasteiger partial charge < -0.3 is 15.0 Å². The summed E-state index contributed by atoms with van der Waals surface area (Å²) in [4.78, 5) is 30.2. The van der Waals surface area contributed by atoms with E-state index in [9.17, 15) is 18.0 Å². The van der Waals surface area contributed by atoms with Crippen LogP contribution in [0.1, 0.15) is 31.4 Å². The summed E-state index contributed by atoms with van der Waals surface area (Å²) in [5.41, 5.74) is 1.80. The normalized spacial score (nSPS) is 12.4. The molecular weight excluding hydrogens is 670 g/mol. The molecule has 0 unspecified atom stereocenters. The molecule has 0 saturated heterocycles. The van der Waals surface area contributed by atoms with Gasteiger partial charge in [-0.1, -0.05) is 97.4 Å². The molecule has 0 heterocycles. The predicted molar refractivity (Wildman–Crippen MR) is 198 cm³/mol. The minimum absolute atomic E-state index is 0.0217. The summed E-state index contributed by atoms with van der Waals surface area (Å²) in [6, 6.07) is 39.1. The maximum atomic E-state index is 14.7. The first-order chi connectivity index (χ1) is 24.1. The van der Waals surface area contributed by atoms with E-state index in [0.29, 0.717) is 28.5 Å². The van der Waals surface area contributed by atoms with Crippen molar-refractivity contribution in [2.24, 2.45) is 0 Å². The third-order valence-electron chi connectivity index (χ3n) is 8.23. The van der Waals surface area contributed by atoms with Gasteiger partial charge in [0.1, 0.15) is 24.1 Å². The number of nitrogens with zero attached hydrogens (tertiary/aromatic N) is 2. The van der Waals surface area contributed by atoms with Crippen molar-refractivity contribution < 1.29 is 22.7 Å². The molecule has 0 saturated carbocycles. The Morgan fingerprint density at radius 3 is 1.96 bits per heavy atom. The molecule has 5 rings (SSSR count). The molecule has 2 atom stereocenters. The lowest BCUT2D eigenvalue weighted by Crippen LogP contribution is -2.54. The third kappa shape index (κ3) is 9.52. The Hall–Kier alpha value is -5.12. The van der Waals surface area contributed by atoms with Gasteiger partial charge in [-0.25, -0.2) is 8.42 Å². The van der Waals surface area contributed by atoms with Gasteiger partial charge in [0.05, 0.1) is 10.6 Å². The largest absolute Gasteiger partial charge is 0.457 e. The summed E-state index contributed by atoms with van der Waals surface area (Å²) in [5, 5.41) is 3.52. The highest BCUT2D eigenvalue weighted by Crippen LogP contribution is 2.29. The minimum Gasteiger partial charge on any atom is -0.457 e. The molecule has 5 aromatic carbocycles. The van der Waals surface area contributed by atoms with Gasteiger partial charge in [0.2, 0.25) is 11.8 Å². The fourth-order valence-electron chi connectivity index (χ4n) is 5.38. The van der Waals surface area contributed by atoms with E-state index in [1.54, 1.807) is 60.7 Å². The van der Waals surface area contributed by atoms with Crippen molar-refractivity contribution in [3.8, 4) is 11.5 Å². The van der Waals surface area contributed by atoms with Crippen molar-refractivity contribution in [1.82, 2.24) is 10.2 Å². The molecule has 10 heteroatoms. The number of carbonyl (C=O) groups excluding carboxylic acids is 2. The zero-order valence-corrected chi connectivity index (χ0v) is 29.6. The molecular formula is C40H40ClN3O5S. The lowest BCUT2D eigenvalue weighted by molar-refractivity contribution is -0.140. The molecule has 1 N–H and O–H groups in total. The molecule has 0 fully saturated rings. The van der Waals surface area contributed by atoms with Crippen LogP contribution in [0.4, 0.5) is 5.69 Å². The van der Waals surface area contributed by atoms with Gasteiger partial charge in [-0.15, -0.1) is 0 Å². The van der Waals surface area contributed by atoms with E-state index in [-0.39, 0.29) is 35.5 Å². The van der Waals surface area contributed by atoms with E-state index < -0.39 is 28.5 Å². The summed E-state index contributed by atoms with van der Waals surface area (Å²) in [5.74, 6) is 0.226. The topological polar surface area (TPSA) is 96.0 Å². The molecule has 0 bridgehead atoms. The Morgan fingerprint density at radius 2 is 1.34 bits per heavy atom. The van der Waals surface area contributed by atoms with Crippen LogP contribution >= 0.6 is 11.6 Å². The van der Waals surface area contributed by atoms with Crippen molar-refractivity contribution in [1.29, 1.82) is 0 Å². The molecule has 5 aromatic rings. The van der Waals surface area contributed by atoms with Crippen LogP contribution in [0.2, 0.25) is 5.02 Å². The average molecular weight is 710 g/mol. The number of halogens is 1. The summed E-state index contributed by atoms with van der Waals surface area (Å²) in [6.07, 6.45) is 0.908. The van der Waals surface area contributed by atoms with E-state index in [2.05, 4.69) is 5.32 Å². The van der Waals surface area contributed by atoms with Crippen molar-refractivity contribution >= 4 is 39.1 Å². The van der Waals surface area contributed by atoms with Gasteiger partial charge in [-0.05, 0) is 85.1 Å². The highest BCUT2D eigenvalue weighted by molar-refractivity contribution is 7.92. The highest BCUT2D eigenvalue weighted by atomic mass is 35.5. The highest BCUT2D eigenvalue weighted by Gasteiger charge is 2.35. The van der Waals surface area contributed by atoms with E-state index in [1.165, 1.54) is 17.0 Å². The number of ether oxygens (including phenoxy) is 1. The van der Waals surface area contributed by atoms with Gasteiger partial charge in [-0.3, -0.25) is 13.9 Å². The molecule has 0 radical (unpaired) electrons. The first kappa shape index (κ1) is 36.2. The molecule has 258 valence electrons. The first-order valence-corrected chi connectivity index (χ1v) is 18.2. The Morgan fingerprint density at radius 1 is 0.760 bits per heavy atom. The van der Waals surface area contributed by atoms with Crippen LogP contribution in [-0.2, 0) is 32.6 Å². The van der Waals surface area contributed by atoms with Crippen LogP contribution < -0.4 is 14.4 Å². The fourth-order valence-corrected chi connectivity index (χ4v) is 7.03. The maximum absolute atomic E-state index is 14.7. The summed E-state index contributed by atoms with van der Waals surface area (Å²) < 4.78 is 35.6. The Labute approximate surface area is 299 Å². The number of benzene rings is 5. The number of amides is 2. The second-order valence-corrected chi connectivity index (χ2v) is 14.2. The number of rotatable bonds is 15. The molecule has 2 amide bonds. The van der Waals surface area contributed by atoms with Gasteiger partial charge in [-0.2, -0.15) is 0 Å². The monoisotopic (exact) mass is 709 g/mol. The smallest absolute Gasteiger partial charge is 0.264 e. The minimum atomic E-state index is -4.24. The second-order valence-electron chi connectivity index (χ2n) is 11.9. The van der Waals surface area contributed by atoms with Crippen LogP contribution in [-0.4, -0.2) is 43.8 Å². The summed E-state index contributed by atoms with van der Waals surface area (Å²) in [6.45, 7) is 3.32. The van der Waals surface area contributed by atoms with Gasteiger partial charge in [0.25, 0.3) is 10.0 Å². The van der Waals surface area contributed by atoms with Crippen molar-refractivity contribution in [3.63, 3.8) is 0 Å². The number of hydrogen-bond acceptors (Lipinski definition) is 5. The zero-order valence-electron chi connectivity index (χ0n) is 28.0. The quantitative estimate of drug-likeness (QED) is 0.119. The predicted octanol–water partition coefficient (Wildman–Crippen LogP) is 7.88. The number of sulfonamides is 1. The van der Waals surface area contributed by atoms with Crippen LogP contribution in [0.25, 0.3) is 0 Å². The molecule has 8 nitrogen and oxygen atoms in total. The van der Waals surface area contributed by atoms with Crippen molar-refractivity contribution in [2.45, 2.75) is 50.2 Å². The molecule has 0 spiro atoms. The zero-order chi connectivity index (χ0) is 35.5. The van der Waals surface area contributed by atoms with Crippen LogP contribution in [0.5, 0.6) is 11.5 Å². The van der Waals surface area contributed by atoms with Gasteiger partial charge in [0.15, 0.2) is 0 Å². The van der Waals surface area contributed by atoms with Crippen LogP contribution in [0.3, 0.4) is 0 Å². The molecule has 0 aliphatic heterocycles. The van der Waals surface area contributed by atoms with E-state index in [4.69, 9.17) is 16.3 Å².